The lowest BCUT2D eigenvalue weighted by Crippen LogP contribution is -2.02. The van der Waals surface area contributed by atoms with Crippen LogP contribution in [0.15, 0.2) is 22.9 Å². The predicted octanol–water partition coefficient (Wildman–Crippen LogP) is 3.67. The van der Waals surface area contributed by atoms with Gasteiger partial charge in [0.1, 0.15) is 17.8 Å². The highest BCUT2D eigenvalue weighted by atomic mass is 79.9. The molecule has 94 valence electrons. The summed E-state index contributed by atoms with van der Waals surface area (Å²) in [5.41, 5.74) is 7.40. The minimum atomic E-state index is -0.327. The SMILES string of the molecule is Cc1cc(F)c(Br)cc1Nc1ncnc(Cl)c1N. The molecule has 0 aliphatic rings. The summed E-state index contributed by atoms with van der Waals surface area (Å²) in [5, 5.41) is 3.16. The van der Waals surface area contributed by atoms with E-state index in [9.17, 15) is 4.39 Å². The van der Waals surface area contributed by atoms with Crippen molar-refractivity contribution in [1.29, 1.82) is 0 Å². The van der Waals surface area contributed by atoms with Gasteiger partial charge in [0.2, 0.25) is 0 Å². The Morgan fingerprint density at radius 2 is 2.11 bits per heavy atom. The van der Waals surface area contributed by atoms with Crippen LogP contribution in [0.2, 0.25) is 5.15 Å². The minimum Gasteiger partial charge on any atom is -0.393 e. The molecule has 2 rings (SSSR count). The number of hydrogen-bond acceptors (Lipinski definition) is 4. The van der Waals surface area contributed by atoms with Gasteiger partial charge in [-0.15, -0.1) is 0 Å². The average molecular weight is 332 g/mol. The number of aryl methyl sites for hydroxylation is 1. The average Bonchev–Trinajstić information content (AvgIpc) is 2.32. The van der Waals surface area contributed by atoms with Crippen LogP contribution in [0.5, 0.6) is 0 Å². The summed E-state index contributed by atoms with van der Waals surface area (Å²) >= 11 is 8.91. The standard InChI is InChI=1S/C11H9BrClFN4/c1-5-2-7(14)6(12)3-8(5)18-11-9(15)10(13)16-4-17-11/h2-4H,15H2,1H3,(H,16,17,18). The molecule has 0 unspecified atom stereocenters. The molecule has 0 amide bonds. The van der Waals surface area contributed by atoms with Gasteiger partial charge in [0, 0.05) is 5.69 Å². The number of hydrogen-bond donors (Lipinski definition) is 2. The quantitative estimate of drug-likeness (QED) is 0.824. The molecule has 7 heteroatoms. The number of nitrogens with two attached hydrogens (primary N) is 1. The molecule has 0 bridgehead atoms. The first kappa shape index (κ1) is 13.0. The van der Waals surface area contributed by atoms with Crippen LogP contribution in [0.4, 0.5) is 21.6 Å². The smallest absolute Gasteiger partial charge is 0.158 e. The number of nitrogens with one attached hydrogen (secondary N) is 1. The van der Waals surface area contributed by atoms with Crippen molar-refractivity contribution in [1.82, 2.24) is 9.97 Å². The van der Waals surface area contributed by atoms with Crippen LogP contribution < -0.4 is 11.1 Å². The van der Waals surface area contributed by atoms with Crippen LogP contribution in [0.1, 0.15) is 5.56 Å². The van der Waals surface area contributed by atoms with Crippen LogP contribution >= 0.6 is 27.5 Å². The molecule has 3 N–H and O–H groups in total. The zero-order valence-electron chi connectivity index (χ0n) is 9.34. The zero-order chi connectivity index (χ0) is 13.3. The Hall–Kier alpha value is -1.40. The van der Waals surface area contributed by atoms with E-state index in [-0.39, 0.29) is 16.7 Å². The molecule has 0 radical (unpaired) electrons. The monoisotopic (exact) mass is 330 g/mol. The molecule has 0 saturated carbocycles. The second kappa shape index (κ2) is 5.07. The second-order valence-corrected chi connectivity index (χ2v) is 4.85. The van der Waals surface area contributed by atoms with Crippen LogP contribution in [0.25, 0.3) is 0 Å². The van der Waals surface area contributed by atoms with Gasteiger partial charge in [-0.05, 0) is 40.5 Å². The summed E-state index contributed by atoms with van der Waals surface area (Å²) in [6, 6.07) is 3.02. The van der Waals surface area contributed by atoms with Gasteiger partial charge in [-0.2, -0.15) is 0 Å². The highest BCUT2D eigenvalue weighted by Crippen LogP contribution is 2.29. The van der Waals surface area contributed by atoms with E-state index in [1.807, 2.05) is 0 Å². The van der Waals surface area contributed by atoms with Gasteiger partial charge in [-0.25, -0.2) is 14.4 Å². The highest BCUT2D eigenvalue weighted by molar-refractivity contribution is 9.10. The number of nitrogen functional groups attached to an aromatic ring is 1. The lowest BCUT2D eigenvalue weighted by Gasteiger charge is -2.11. The molecule has 1 aromatic carbocycles. The Balaban J connectivity index is 2.40. The predicted molar refractivity (Wildman–Crippen MR) is 73.6 cm³/mol. The number of benzene rings is 1. The molecule has 0 aliphatic carbocycles. The Morgan fingerprint density at radius 1 is 1.39 bits per heavy atom. The van der Waals surface area contributed by atoms with Crippen molar-refractivity contribution >= 4 is 44.7 Å². The first-order valence-electron chi connectivity index (χ1n) is 4.97. The van der Waals surface area contributed by atoms with Crippen LogP contribution in [-0.2, 0) is 0 Å². The fourth-order valence-corrected chi connectivity index (χ4v) is 1.86. The third-order valence-electron chi connectivity index (χ3n) is 2.36. The fourth-order valence-electron chi connectivity index (χ4n) is 1.38. The van der Waals surface area contributed by atoms with Crippen molar-refractivity contribution in [3.63, 3.8) is 0 Å². The Kier molecular flexibility index (Phi) is 3.68. The molecule has 4 nitrogen and oxygen atoms in total. The maximum atomic E-state index is 13.3. The van der Waals surface area contributed by atoms with Crippen molar-refractivity contribution in [3.8, 4) is 0 Å². The van der Waals surface area contributed by atoms with Gasteiger partial charge in [0.15, 0.2) is 11.0 Å². The van der Waals surface area contributed by atoms with E-state index in [4.69, 9.17) is 17.3 Å². The summed E-state index contributed by atoms with van der Waals surface area (Å²) in [6.45, 7) is 1.77. The number of anilines is 3. The first-order valence-corrected chi connectivity index (χ1v) is 6.14. The minimum absolute atomic E-state index is 0.173. The summed E-state index contributed by atoms with van der Waals surface area (Å²) in [7, 11) is 0. The third kappa shape index (κ3) is 2.54. The number of nitrogens with zero attached hydrogens (tertiary/aromatic N) is 2. The zero-order valence-corrected chi connectivity index (χ0v) is 11.7. The van der Waals surface area contributed by atoms with Crippen LogP contribution in [0, 0.1) is 12.7 Å². The largest absolute Gasteiger partial charge is 0.393 e. The van der Waals surface area contributed by atoms with E-state index < -0.39 is 0 Å². The maximum absolute atomic E-state index is 13.3. The summed E-state index contributed by atoms with van der Waals surface area (Å²) in [6.07, 6.45) is 1.30. The molecule has 1 aromatic heterocycles. The van der Waals surface area contributed by atoms with Crippen molar-refractivity contribution in [3.05, 3.63) is 39.5 Å². The molecular formula is C11H9BrClFN4. The Bertz CT molecular complexity index is 606. The summed E-state index contributed by atoms with van der Waals surface area (Å²) in [4.78, 5) is 7.74. The summed E-state index contributed by atoms with van der Waals surface area (Å²) < 4.78 is 13.7. The molecular weight excluding hydrogens is 323 g/mol. The highest BCUT2D eigenvalue weighted by Gasteiger charge is 2.09. The molecule has 0 saturated heterocycles. The Morgan fingerprint density at radius 3 is 2.83 bits per heavy atom. The van der Waals surface area contributed by atoms with Crippen molar-refractivity contribution in [2.24, 2.45) is 0 Å². The Labute approximate surface area is 117 Å². The molecule has 1 heterocycles. The second-order valence-electron chi connectivity index (χ2n) is 3.63. The van der Waals surface area contributed by atoms with E-state index in [2.05, 4.69) is 31.2 Å². The normalized spacial score (nSPS) is 10.4. The van der Waals surface area contributed by atoms with Gasteiger partial charge in [-0.1, -0.05) is 11.6 Å². The molecule has 18 heavy (non-hydrogen) atoms. The van der Waals surface area contributed by atoms with Gasteiger partial charge < -0.3 is 11.1 Å². The van der Waals surface area contributed by atoms with Gasteiger partial charge >= 0.3 is 0 Å². The van der Waals surface area contributed by atoms with Crippen LogP contribution in [-0.4, -0.2) is 9.97 Å². The third-order valence-corrected chi connectivity index (χ3v) is 3.26. The molecule has 0 spiro atoms. The molecule has 0 fully saturated rings. The number of halogens is 3. The lowest BCUT2D eigenvalue weighted by atomic mass is 10.2. The lowest BCUT2D eigenvalue weighted by molar-refractivity contribution is 0.620. The molecule has 2 aromatic rings. The van der Waals surface area contributed by atoms with Gasteiger partial charge in [0.05, 0.1) is 4.47 Å². The molecule has 0 aliphatic heterocycles. The van der Waals surface area contributed by atoms with Crippen LogP contribution in [0.3, 0.4) is 0 Å². The van der Waals surface area contributed by atoms with Gasteiger partial charge in [0.25, 0.3) is 0 Å². The van der Waals surface area contributed by atoms with Crippen molar-refractivity contribution in [2.45, 2.75) is 6.92 Å². The topological polar surface area (TPSA) is 63.8 Å². The van der Waals surface area contributed by atoms with E-state index in [0.717, 1.165) is 5.56 Å². The fraction of sp³-hybridized carbons (Fsp3) is 0.0909. The first-order chi connectivity index (χ1) is 8.49. The molecule has 0 atom stereocenters. The van der Waals surface area contributed by atoms with E-state index in [0.29, 0.717) is 16.0 Å². The van der Waals surface area contributed by atoms with Crippen molar-refractivity contribution in [2.75, 3.05) is 11.1 Å². The van der Waals surface area contributed by atoms with Crippen molar-refractivity contribution < 1.29 is 4.39 Å². The summed E-state index contributed by atoms with van der Waals surface area (Å²) in [5.74, 6) is 0.0587. The number of rotatable bonds is 2. The van der Waals surface area contributed by atoms with E-state index in [1.165, 1.54) is 12.4 Å². The van der Waals surface area contributed by atoms with E-state index >= 15 is 0 Å². The maximum Gasteiger partial charge on any atom is 0.158 e. The number of aromatic nitrogens is 2. The van der Waals surface area contributed by atoms with E-state index in [1.54, 1.807) is 13.0 Å². The van der Waals surface area contributed by atoms with Gasteiger partial charge in [-0.3, -0.25) is 0 Å².